The van der Waals surface area contributed by atoms with Crippen LogP contribution in [0.4, 0.5) is 75.4 Å². The van der Waals surface area contributed by atoms with Crippen molar-refractivity contribution in [3.63, 3.8) is 0 Å². The number of allylic oxidation sites excluding steroid dienone is 1. The topological polar surface area (TPSA) is 256 Å². The summed E-state index contributed by atoms with van der Waals surface area (Å²) in [5.41, 5.74) is 8.43. The maximum atomic E-state index is 13.4. The first-order chi connectivity index (χ1) is 60.6. The Bertz CT molecular complexity index is 5750. The van der Waals surface area contributed by atoms with E-state index in [9.17, 15) is 80.3 Å². The van der Waals surface area contributed by atoms with E-state index in [1.807, 2.05) is 33.6 Å². The van der Waals surface area contributed by atoms with Gasteiger partial charge in [-0.2, -0.15) is 73.1 Å². The summed E-state index contributed by atoms with van der Waals surface area (Å²) in [5.74, 6) is 8.14. The number of fused-ring (bicyclic) bond motifs is 8. The molecule has 12 aliphatic rings. The molecule has 4 amide bonds. The molecule has 4 N–H and O–H groups in total. The Morgan fingerprint density at radius 3 is 0.906 bits per heavy atom. The molecule has 8 fully saturated rings. The highest BCUT2D eigenvalue weighted by Crippen LogP contribution is 2.47. The highest BCUT2D eigenvalue weighted by Gasteiger charge is 2.51. The Labute approximate surface area is 733 Å². The summed E-state index contributed by atoms with van der Waals surface area (Å²) in [4.78, 5) is 71.6. The van der Waals surface area contributed by atoms with Crippen molar-refractivity contribution in [1.82, 2.24) is 78.8 Å². The number of amides is 4. The highest BCUT2D eigenvalue weighted by atomic mass is 32.2. The Morgan fingerprint density at radius 2 is 0.602 bits per heavy atom. The SMILES string of the molecule is C=C(C)N1CCc2c(C(=O)N3C[C@@H]4CN(c5ccccc5C(F)(F)F)C[C@@H]4C3)n[nH]c2C1.C=S(C)(=O)N1CCc2[nH]nc(C(=O)N3C[C@@H]4CN(c5ccccc5C(F)(F)F)C[C@@H]4C3)c2C1.C=S(C)(=O)N1CCc2c(C(=O)N3C[C@@H]4CN(c5ccccc5C(F)(F)F)C[C@@H]4C3)n[nH]c2C1.CN1CCc2c(C(=O)N3C[C@@H]4CN(c5ccccc5C(F)(F)F)C[C@@H]4C3)n[nH]c2C1. The van der Waals surface area contributed by atoms with Gasteiger partial charge in [0.25, 0.3) is 23.6 Å². The molecular formula is C88H102F12N20O6S2. The Hall–Kier alpha value is -10.6. The van der Waals surface area contributed by atoms with Crippen molar-refractivity contribution < 1.29 is 80.3 Å². The van der Waals surface area contributed by atoms with Gasteiger partial charge in [0.05, 0.1) is 52.4 Å². The fourth-order valence-electron chi connectivity index (χ4n) is 21.0. The van der Waals surface area contributed by atoms with Gasteiger partial charge in [-0.1, -0.05) is 55.1 Å². The van der Waals surface area contributed by atoms with Crippen molar-refractivity contribution in [3.8, 4) is 0 Å². The highest BCUT2D eigenvalue weighted by molar-refractivity contribution is 7.97. The minimum atomic E-state index is -4.40. The van der Waals surface area contributed by atoms with Crippen LogP contribution in [0.1, 0.15) is 116 Å². The van der Waals surface area contributed by atoms with Crippen LogP contribution in [0.3, 0.4) is 0 Å². The van der Waals surface area contributed by atoms with Crippen LogP contribution in [0.25, 0.3) is 0 Å². The monoisotopic (exact) mass is 1830 g/mol. The van der Waals surface area contributed by atoms with Crippen molar-refractivity contribution in [2.24, 2.45) is 47.3 Å². The smallest absolute Gasteiger partial charge is 0.370 e. The number of anilines is 4. The predicted molar refractivity (Wildman–Crippen MR) is 460 cm³/mol. The van der Waals surface area contributed by atoms with Crippen LogP contribution in [0.15, 0.2) is 109 Å². The van der Waals surface area contributed by atoms with E-state index in [4.69, 9.17) is 0 Å². The van der Waals surface area contributed by atoms with Crippen molar-refractivity contribution >= 4 is 77.5 Å². The van der Waals surface area contributed by atoms with Gasteiger partial charge < -0.3 is 49.0 Å². The number of aromatic amines is 4. The number of alkyl halides is 12. The van der Waals surface area contributed by atoms with E-state index in [0.29, 0.717) is 173 Å². The summed E-state index contributed by atoms with van der Waals surface area (Å²) < 4.78 is 189. The van der Waals surface area contributed by atoms with Gasteiger partial charge in [0.15, 0.2) is 22.8 Å². The molecule has 8 aromatic rings. The molecule has 2 unspecified atom stereocenters. The van der Waals surface area contributed by atoms with Gasteiger partial charge >= 0.3 is 24.7 Å². The number of aromatic nitrogens is 8. The van der Waals surface area contributed by atoms with Gasteiger partial charge in [-0.3, -0.25) is 48.0 Å². The summed E-state index contributed by atoms with van der Waals surface area (Å²) in [7, 11) is -2.68. The molecule has 8 saturated heterocycles. The molecule has 0 bridgehead atoms. The number of hydrogen-bond donors (Lipinski definition) is 4. The van der Waals surface area contributed by atoms with E-state index in [0.717, 1.165) is 107 Å². The van der Waals surface area contributed by atoms with Crippen LogP contribution in [-0.2, 0) is 96.0 Å². The molecule has 40 heteroatoms. The van der Waals surface area contributed by atoms with E-state index in [1.54, 1.807) is 71.1 Å². The first kappa shape index (κ1) is 89.4. The second kappa shape index (κ2) is 34.4. The Kier molecular flexibility index (Phi) is 24.0. The van der Waals surface area contributed by atoms with Gasteiger partial charge in [0, 0.05) is 286 Å². The van der Waals surface area contributed by atoms with Gasteiger partial charge in [-0.25, -0.2) is 8.61 Å². The summed E-state index contributed by atoms with van der Waals surface area (Å²) in [6.07, 6.45) is -11.6. The van der Waals surface area contributed by atoms with E-state index in [1.165, 1.54) is 42.5 Å². The molecule has 10 atom stereocenters. The van der Waals surface area contributed by atoms with Crippen molar-refractivity contribution in [2.75, 3.05) is 170 Å². The Morgan fingerprint density at radius 1 is 0.344 bits per heavy atom. The summed E-state index contributed by atoms with van der Waals surface area (Å²) in [6.45, 7) is 19.2. The number of carbonyl (C=O) groups excluding carboxylic acids is 4. The number of nitrogens with one attached hydrogen (secondary N) is 4. The number of halogens is 12. The van der Waals surface area contributed by atoms with Gasteiger partial charge in [0.2, 0.25) is 0 Å². The average Bonchev–Trinajstić information content (AvgIpc) is 1.62. The fourth-order valence-corrected chi connectivity index (χ4v) is 22.8. The third-order valence-corrected chi connectivity index (χ3v) is 30.4. The molecule has 4 aromatic heterocycles. The third kappa shape index (κ3) is 18.0. The molecule has 0 aliphatic carbocycles. The molecule has 0 saturated carbocycles. The first-order valence-electron chi connectivity index (χ1n) is 42.9. The maximum absolute atomic E-state index is 13.4. The molecule has 0 radical (unpaired) electrons. The lowest BCUT2D eigenvalue weighted by Gasteiger charge is -2.29. The fraction of sp³-hybridized carbons (Fsp3) is 0.500. The molecule has 20 rings (SSSR count). The standard InChI is InChI=1S/C23H26F3N5O.2C22H26F3N5O2S.C21H24F3N5O/c1-14(2)29-8-7-17-19(13-29)27-28-21(17)22(32)31-11-15-9-30(10-16(15)12-31)20-6-4-3-5-18(20)23(24,25)26;1-33(2,32)30-8-7-18-16(13-30)20(27-26-18)21(31)29-11-14-9-28(10-15(14)12-29)19-6-4-3-5-17(19)22(23,24)25;1-33(2,32)30-8-7-16-18(13-30)26-27-20(16)21(31)29-11-14-9-28(10-15(14)12-29)19-6-4-3-5-17(19)22(23,24)25;1-27-7-6-15-17(12-27)25-26-19(15)20(30)29-10-13-8-28(9-14(13)11-29)18-5-3-2-4-16(18)21(22,23)24/h3-6,15-16H,1,7-13H2,2H3,(H,27,28);2*3-6,14-15H,1,7-13H2,2H3,(H,26,27);2-5,13-14H,6-12H2,1H3,(H,25,26)/t15-,16+;2*14-,15+,33?;13-,14+. The van der Waals surface area contributed by atoms with Crippen LogP contribution in [0.2, 0.25) is 0 Å². The average molecular weight is 1830 g/mol. The normalized spacial score (nSPS) is 24.3. The van der Waals surface area contributed by atoms with Crippen LogP contribution in [0, 0.1) is 47.3 Å². The van der Waals surface area contributed by atoms with E-state index >= 15 is 0 Å². The van der Waals surface area contributed by atoms with Crippen LogP contribution in [-0.4, -0.2) is 273 Å². The second-order valence-electron chi connectivity index (χ2n) is 36.3. The molecule has 4 aromatic carbocycles. The zero-order chi connectivity index (χ0) is 90.8. The van der Waals surface area contributed by atoms with Gasteiger partial charge in [0.1, 0.15) is 0 Å². The molecular weight excluding hydrogens is 1730 g/mol. The van der Waals surface area contributed by atoms with E-state index in [2.05, 4.69) is 68.9 Å². The van der Waals surface area contributed by atoms with Crippen molar-refractivity contribution in [1.29, 1.82) is 0 Å². The number of hydrogen-bond acceptors (Lipinski definition) is 16. The minimum absolute atomic E-state index is 0.0614. The number of H-pyrrole nitrogens is 4. The number of rotatable bonds is 11. The number of carbonyl (C=O) groups is 4. The second-order valence-corrected chi connectivity index (χ2v) is 41.1. The molecule has 686 valence electrons. The molecule has 128 heavy (non-hydrogen) atoms. The number of para-hydroxylation sites is 4. The molecule has 0 spiro atoms. The lowest BCUT2D eigenvalue weighted by atomic mass is 10.0. The van der Waals surface area contributed by atoms with Crippen molar-refractivity contribution in [2.45, 2.75) is 83.5 Å². The predicted octanol–water partition coefficient (Wildman–Crippen LogP) is 10.7. The number of nitrogens with zero attached hydrogens (tertiary/aromatic N) is 16. The van der Waals surface area contributed by atoms with E-state index in [-0.39, 0.29) is 93.7 Å². The zero-order valence-corrected chi connectivity index (χ0v) is 72.9. The largest absolute Gasteiger partial charge is 0.418 e. The van der Waals surface area contributed by atoms with Crippen LogP contribution in [0.5, 0.6) is 0 Å². The zero-order valence-electron chi connectivity index (χ0n) is 71.2. The first-order valence-corrected chi connectivity index (χ1v) is 47.1. The number of likely N-dealkylation sites (N-methyl/N-ethyl adjacent to an activating group) is 1. The molecule has 12 aliphatic heterocycles. The summed E-state index contributed by atoms with van der Waals surface area (Å²) in [5, 5.41) is 29.0. The lowest BCUT2D eigenvalue weighted by Crippen LogP contribution is -2.37. The quantitative estimate of drug-likeness (QED) is 0.0693. The number of likely N-dealkylation sites (tertiary alicyclic amines) is 4. The third-order valence-electron chi connectivity index (χ3n) is 27.6. The molecule has 26 nitrogen and oxygen atoms in total. The molecule has 16 heterocycles. The maximum Gasteiger partial charge on any atom is 0.418 e. The van der Waals surface area contributed by atoms with Crippen LogP contribution < -0.4 is 19.6 Å². The van der Waals surface area contributed by atoms with Gasteiger partial charge in [-0.05, 0) is 93.5 Å². The number of benzene rings is 4. The van der Waals surface area contributed by atoms with Crippen molar-refractivity contribution in [3.05, 3.63) is 199 Å². The summed E-state index contributed by atoms with van der Waals surface area (Å²) >= 11 is 0. The van der Waals surface area contributed by atoms with Gasteiger partial charge in [-0.15, -0.1) is 0 Å². The Balaban J connectivity index is 0.000000120. The lowest BCUT2D eigenvalue weighted by molar-refractivity contribution is -0.137. The summed E-state index contributed by atoms with van der Waals surface area (Å²) in [6, 6.07) is 22.8. The minimum Gasteiger partial charge on any atom is -0.370 e. The van der Waals surface area contributed by atoms with Crippen LogP contribution >= 0.6 is 0 Å². The van der Waals surface area contributed by atoms with E-state index < -0.39 is 66.4 Å².